The van der Waals surface area contributed by atoms with Crippen LogP contribution in [0.1, 0.15) is 42.5 Å². The molecule has 2 aliphatic rings. The van der Waals surface area contributed by atoms with Crippen molar-refractivity contribution < 1.29 is 9.53 Å². The van der Waals surface area contributed by atoms with Crippen molar-refractivity contribution >= 4 is 5.91 Å². The Morgan fingerprint density at radius 2 is 2.15 bits per heavy atom. The topological polar surface area (TPSA) is 59.4 Å². The molecule has 144 valence electrons. The van der Waals surface area contributed by atoms with Gasteiger partial charge in [-0.15, -0.1) is 0 Å². The zero-order valence-electron chi connectivity index (χ0n) is 15.9. The van der Waals surface area contributed by atoms with Gasteiger partial charge in [-0.25, -0.2) is 4.68 Å². The molecule has 0 radical (unpaired) electrons. The van der Waals surface area contributed by atoms with Crippen molar-refractivity contribution in [3.05, 3.63) is 42.2 Å². The predicted octanol–water partition coefficient (Wildman–Crippen LogP) is 2.88. The van der Waals surface area contributed by atoms with Gasteiger partial charge in [0.05, 0.1) is 7.11 Å². The molecular formula is C21H28N4O2. The molecule has 0 bridgehead atoms. The van der Waals surface area contributed by atoms with E-state index in [0.29, 0.717) is 23.3 Å². The Labute approximate surface area is 160 Å². The molecule has 6 heteroatoms. The van der Waals surface area contributed by atoms with Gasteiger partial charge in [-0.05, 0) is 69.0 Å². The van der Waals surface area contributed by atoms with Gasteiger partial charge < -0.3 is 15.0 Å². The first-order valence-corrected chi connectivity index (χ1v) is 9.96. The lowest BCUT2D eigenvalue weighted by Crippen LogP contribution is -2.51. The van der Waals surface area contributed by atoms with E-state index in [4.69, 9.17) is 4.74 Å². The highest BCUT2D eigenvalue weighted by molar-refractivity contribution is 5.95. The van der Waals surface area contributed by atoms with Crippen LogP contribution in [0.5, 0.6) is 5.75 Å². The molecule has 1 aromatic heterocycles. The molecule has 1 amide bonds. The van der Waals surface area contributed by atoms with Crippen LogP contribution in [0.2, 0.25) is 0 Å². The Kier molecular flexibility index (Phi) is 5.43. The Morgan fingerprint density at radius 1 is 1.26 bits per heavy atom. The zero-order valence-corrected chi connectivity index (χ0v) is 15.9. The van der Waals surface area contributed by atoms with Gasteiger partial charge >= 0.3 is 0 Å². The van der Waals surface area contributed by atoms with Gasteiger partial charge in [0.2, 0.25) is 0 Å². The van der Waals surface area contributed by atoms with Gasteiger partial charge in [-0.3, -0.25) is 4.79 Å². The normalized spacial score (nSPS) is 22.9. The monoisotopic (exact) mass is 368 g/mol. The predicted molar refractivity (Wildman–Crippen MR) is 104 cm³/mol. The number of hydrogen-bond acceptors (Lipinski definition) is 4. The highest BCUT2D eigenvalue weighted by Gasteiger charge is 2.33. The third-order valence-electron chi connectivity index (χ3n) is 5.95. The van der Waals surface area contributed by atoms with E-state index in [0.717, 1.165) is 12.2 Å². The summed E-state index contributed by atoms with van der Waals surface area (Å²) >= 11 is 0. The smallest absolute Gasteiger partial charge is 0.251 e. The van der Waals surface area contributed by atoms with Gasteiger partial charge in [0.15, 0.2) is 0 Å². The molecule has 0 aliphatic carbocycles. The highest BCUT2D eigenvalue weighted by Crippen LogP contribution is 2.30. The number of carbonyl (C=O) groups is 1. The van der Waals surface area contributed by atoms with Crippen LogP contribution in [0, 0.1) is 5.92 Å². The maximum Gasteiger partial charge on any atom is 0.251 e. The number of benzene rings is 1. The molecule has 2 unspecified atom stereocenters. The summed E-state index contributed by atoms with van der Waals surface area (Å²) in [5.74, 6) is 1.23. The van der Waals surface area contributed by atoms with E-state index < -0.39 is 0 Å². The van der Waals surface area contributed by atoms with E-state index in [2.05, 4.69) is 15.3 Å². The molecule has 2 atom stereocenters. The molecule has 1 N–H and O–H groups in total. The summed E-state index contributed by atoms with van der Waals surface area (Å²) in [6.45, 7) is 3.20. The summed E-state index contributed by atoms with van der Waals surface area (Å²) in [4.78, 5) is 15.4. The minimum absolute atomic E-state index is 0.0287. The number of aromatic nitrogens is 2. The maximum atomic E-state index is 12.8. The number of fused-ring (bicyclic) bond motifs is 1. The van der Waals surface area contributed by atoms with Crippen LogP contribution >= 0.6 is 0 Å². The summed E-state index contributed by atoms with van der Waals surface area (Å²) < 4.78 is 7.14. The summed E-state index contributed by atoms with van der Waals surface area (Å²) in [6.07, 6.45) is 9.91. The van der Waals surface area contributed by atoms with Gasteiger partial charge in [-0.1, -0.05) is 6.42 Å². The van der Waals surface area contributed by atoms with Gasteiger partial charge in [0.25, 0.3) is 5.91 Å². The van der Waals surface area contributed by atoms with Crippen LogP contribution in [0.3, 0.4) is 0 Å². The molecule has 2 fully saturated rings. The van der Waals surface area contributed by atoms with E-state index in [1.807, 2.05) is 30.5 Å². The number of rotatable bonds is 5. The van der Waals surface area contributed by atoms with Crippen molar-refractivity contribution in [1.82, 2.24) is 20.0 Å². The maximum absolute atomic E-state index is 12.8. The van der Waals surface area contributed by atoms with Gasteiger partial charge in [0.1, 0.15) is 11.4 Å². The summed E-state index contributed by atoms with van der Waals surface area (Å²) in [6, 6.07) is 7.98. The fourth-order valence-electron chi connectivity index (χ4n) is 4.56. The van der Waals surface area contributed by atoms with E-state index in [1.54, 1.807) is 18.0 Å². The highest BCUT2D eigenvalue weighted by atomic mass is 16.5. The number of amides is 1. The molecular weight excluding hydrogens is 340 g/mol. The Balaban J connectivity index is 1.44. The third kappa shape index (κ3) is 3.86. The quantitative estimate of drug-likeness (QED) is 0.882. The second-order valence-electron chi connectivity index (χ2n) is 7.55. The Hall–Kier alpha value is -2.34. The zero-order chi connectivity index (χ0) is 18.6. The van der Waals surface area contributed by atoms with E-state index in [-0.39, 0.29) is 5.91 Å². The van der Waals surface area contributed by atoms with Crippen LogP contribution in [0.15, 0.2) is 36.7 Å². The molecule has 1 aromatic carbocycles. The molecule has 3 heterocycles. The van der Waals surface area contributed by atoms with Crippen LogP contribution in [0.25, 0.3) is 5.69 Å². The Bertz CT molecular complexity index is 772. The molecule has 6 nitrogen and oxygen atoms in total. The van der Waals surface area contributed by atoms with Crippen LogP contribution in [-0.2, 0) is 0 Å². The standard InChI is InChI=1S/C21H28N4O2/c1-27-20-9-8-16(14-19(20)25-13-5-10-23-25)21(26)22-15-17-6-4-12-24-11-3-2-7-18(17)24/h5,8-10,13-14,17-18H,2-4,6-7,11-12,15H2,1H3,(H,22,26). The van der Waals surface area contributed by atoms with E-state index >= 15 is 0 Å². The second-order valence-corrected chi connectivity index (χ2v) is 7.55. The van der Waals surface area contributed by atoms with E-state index in [1.165, 1.54) is 45.2 Å². The molecule has 4 rings (SSSR count). The second kappa shape index (κ2) is 8.13. The van der Waals surface area contributed by atoms with Gasteiger partial charge in [0, 0.05) is 30.5 Å². The number of methoxy groups -OCH3 is 1. The van der Waals surface area contributed by atoms with Crippen molar-refractivity contribution in [2.75, 3.05) is 26.7 Å². The van der Waals surface area contributed by atoms with Crippen LogP contribution in [-0.4, -0.2) is 53.4 Å². The first kappa shape index (κ1) is 18.0. The average Bonchev–Trinajstić information content (AvgIpc) is 3.26. The number of nitrogens with zero attached hydrogens (tertiary/aromatic N) is 3. The molecule has 2 aliphatic heterocycles. The Morgan fingerprint density at radius 3 is 2.96 bits per heavy atom. The van der Waals surface area contributed by atoms with E-state index in [9.17, 15) is 4.79 Å². The average molecular weight is 368 g/mol. The molecule has 2 saturated heterocycles. The lowest BCUT2D eigenvalue weighted by Gasteiger charge is -2.44. The van der Waals surface area contributed by atoms with Gasteiger partial charge in [-0.2, -0.15) is 5.10 Å². The number of ether oxygens (including phenoxy) is 1. The number of nitrogens with one attached hydrogen (secondary N) is 1. The fraction of sp³-hybridized carbons (Fsp3) is 0.524. The molecule has 0 saturated carbocycles. The molecule has 2 aromatic rings. The summed E-state index contributed by atoms with van der Waals surface area (Å²) in [5.41, 5.74) is 1.41. The van der Waals surface area contributed by atoms with Crippen molar-refractivity contribution in [2.45, 2.75) is 38.1 Å². The third-order valence-corrected chi connectivity index (χ3v) is 5.95. The lowest BCUT2D eigenvalue weighted by atomic mass is 9.83. The minimum Gasteiger partial charge on any atom is -0.494 e. The number of hydrogen-bond donors (Lipinski definition) is 1. The van der Waals surface area contributed by atoms with Crippen molar-refractivity contribution in [2.24, 2.45) is 5.92 Å². The lowest BCUT2D eigenvalue weighted by molar-refractivity contribution is 0.0575. The first-order valence-electron chi connectivity index (χ1n) is 9.96. The largest absolute Gasteiger partial charge is 0.494 e. The molecule has 27 heavy (non-hydrogen) atoms. The van der Waals surface area contributed by atoms with Crippen LogP contribution < -0.4 is 10.1 Å². The van der Waals surface area contributed by atoms with Crippen molar-refractivity contribution in [3.63, 3.8) is 0 Å². The fourth-order valence-corrected chi connectivity index (χ4v) is 4.56. The summed E-state index contributed by atoms with van der Waals surface area (Å²) in [5, 5.41) is 7.44. The minimum atomic E-state index is -0.0287. The van der Waals surface area contributed by atoms with Crippen molar-refractivity contribution in [3.8, 4) is 11.4 Å². The van der Waals surface area contributed by atoms with Crippen LogP contribution in [0.4, 0.5) is 0 Å². The molecule has 0 spiro atoms. The number of piperidine rings is 2. The summed E-state index contributed by atoms with van der Waals surface area (Å²) in [7, 11) is 1.63. The first-order chi connectivity index (χ1) is 13.3. The number of carbonyl (C=O) groups excluding carboxylic acids is 1. The SMILES string of the molecule is COc1ccc(C(=O)NCC2CCCN3CCCCC23)cc1-n1cccn1. The van der Waals surface area contributed by atoms with Crippen molar-refractivity contribution in [1.29, 1.82) is 0 Å².